The summed E-state index contributed by atoms with van der Waals surface area (Å²) in [5, 5.41) is 0.891. The molecule has 78 valence electrons. The van der Waals surface area contributed by atoms with Crippen molar-refractivity contribution in [2.24, 2.45) is 10.7 Å². The summed E-state index contributed by atoms with van der Waals surface area (Å²) in [5.74, 6) is 0.411. The first-order chi connectivity index (χ1) is 7.09. The lowest BCUT2D eigenvalue weighted by atomic mass is 10.2. The molecular formula is C8H6Cl2N4S. The summed E-state index contributed by atoms with van der Waals surface area (Å²) in [6.45, 7) is 1.68. The number of aliphatic imine (C=N–C) groups is 1. The number of nitrogens with zero attached hydrogens (tertiary/aromatic N) is 3. The molecule has 0 saturated heterocycles. The standard InChI is InChI=1S/C8H6Cl2N4S/c1-3(11)12-6-4(9)2-5(10)7-8(6)14-15-13-7/h2H,1H3,(H2,11,12). The van der Waals surface area contributed by atoms with Crippen LogP contribution in [0, 0.1) is 0 Å². The maximum absolute atomic E-state index is 6.00. The van der Waals surface area contributed by atoms with E-state index in [1.807, 2.05) is 0 Å². The average molecular weight is 261 g/mol. The molecule has 15 heavy (non-hydrogen) atoms. The fraction of sp³-hybridized carbons (Fsp3) is 0.125. The normalized spacial score (nSPS) is 12.3. The molecule has 0 atom stereocenters. The number of aromatic nitrogens is 2. The molecule has 0 fully saturated rings. The van der Waals surface area contributed by atoms with Crippen molar-refractivity contribution in [3.8, 4) is 0 Å². The van der Waals surface area contributed by atoms with Crippen LogP contribution in [-0.4, -0.2) is 14.6 Å². The van der Waals surface area contributed by atoms with Gasteiger partial charge in [0.25, 0.3) is 0 Å². The zero-order chi connectivity index (χ0) is 11.0. The van der Waals surface area contributed by atoms with Gasteiger partial charge in [-0.25, -0.2) is 4.99 Å². The first-order valence-corrected chi connectivity index (χ1v) is 5.49. The van der Waals surface area contributed by atoms with Gasteiger partial charge in [-0.3, -0.25) is 0 Å². The SMILES string of the molecule is CC(N)=Nc1c(Cl)cc(Cl)c2nsnc12. The van der Waals surface area contributed by atoms with E-state index in [0.717, 1.165) is 11.7 Å². The second-order valence-corrected chi connectivity index (χ2v) is 4.25. The minimum absolute atomic E-state index is 0.411. The largest absolute Gasteiger partial charge is 0.387 e. The predicted octanol–water partition coefficient (Wildman–Crippen LogP) is 3.01. The number of nitrogens with two attached hydrogens (primary N) is 1. The summed E-state index contributed by atoms with van der Waals surface area (Å²) in [4.78, 5) is 4.11. The monoisotopic (exact) mass is 260 g/mol. The molecule has 7 heteroatoms. The van der Waals surface area contributed by atoms with E-state index in [2.05, 4.69) is 13.7 Å². The molecule has 0 saturated carbocycles. The first-order valence-electron chi connectivity index (χ1n) is 4.00. The highest BCUT2D eigenvalue weighted by molar-refractivity contribution is 7.00. The Morgan fingerprint density at radius 2 is 2.00 bits per heavy atom. The van der Waals surface area contributed by atoms with Crippen LogP contribution in [-0.2, 0) is 0 Å². The Bertz CT molecular complexity index is 545. The fourth-order valence-corrected chi connectivity index (χ4v) is 2.29. The summed E-state index contributed by atoms with van der Waals surface area (Å²) in [7, 11) is 0. The van der Waals surface area contributed by atoms with Gasteiger partial charge in [0.15, 0.2) is 0 Å². The Kier molecular flexibility index (Phi) is 2.77. The van der Waals surface area contributed by atoms with Gasteiger partial charge < -0.3 is 5.73 Å². The lowest BCUT2D eigenvalue weighted by Crippen LogP contribution is -2.04. The molecule has 0 radical (unpaired) electrons. The van der Waals surface area contributed by atoms with Crippen molar-refractivity contribution in [1.29, 1.82) is 0 Å². The van der Waals surface area contributed by atoms with Crippen LogP contribution in [0.15, 0.2) is 11.1 Å². The zero-order valence-electron chi connectivity index (χ0n) is 7.66. The Morgan fingerprint density at radius 1 is 1.33 bits per heavy atom. The van der Waals surface area contributed by atoms with Crippen LogP contribution < -0.4 is 5.73 Å². The van der Waals surface area contributed by atoms with E-state index in [-0.39, 0.29) is 0 Å². The highest BCUT2D eigenvalue weighted by Crippen LogP contribution is 2.36. The third-order valence-electron chi connectivity index (χ3n) is 1.71. The van der Waals surface area contributed by atoms with Crippen molar-refractivity contribution >= 4 is 57.5 Å². The number of rotatable bonds is 1. The molecule has 2 N–H and O–H groups in total. The third-order valence-corrected chi connectivity index (χ3v) is 2.81. The highest BCUT2D eigenvalue weighted by Gasteiger charge is 2.13. The molecule has 0 aliphatic heterocycles. The molecule has 0 aliphatic rings. The summed E-state index contributed by atoms with van der Waals surface area (Å²) >= 11 is 13.0. The van der Waals surface area contributed by atoms with Gasteiger partial charge in [0, 0.05) is 0 Å². The van der Waals surface area contributed by atoms with E-state index < -0.39 is 0 Å². The number of benzene rings is 1. The molecule has 2 rings (SSSR count). The van der Waals surface area contributed by atoms with Gasteiger partial charge in [0.1, 0.15) is 16.7 Å². The summed E-state index contributed by atoms with van der Waals surface area (Å²) in [5.41, 5.74) is 7.21. The van der Waals surface area contributed by atoms with Gasteiger partial charge in [-0.05, 0) is 13.0 Å². The van der Waals surface area contributed by atoms with E-state index in [0.29, 0.717) is 32.6 Å². The third kappa shape index (κ3) is 1.90. The maximum Gasteiger partial charge on any atom is 0.133 e. The smallest absolute Gasteiger partial charge is 0.133 e. The number of hydrogen-bond donors (Lipinski definition) is 1. The van der Waals surface area contributed by atoms with Crippen LogP contribution in [0.1, 0.15) is 6.92 Å². The van der Waals surface area contributed by atoms with E-state index in [9.17, 15) is 0 Å². The van der Waals surface area contributed by atoms with Crippen molar-refractivity contribution in [2.75, 3.05) is 0 Å². The lowest BCUT2D eigenvalue weighted by Gasteiger charge is -2.00. The fourth-order valence-electron chi connectivity index (χ4n) is 1.14. The Balaban J connectivity index is 2.82. The van der Waals surface area contributed by atoms with E-state index in [1.165, 1.54) is 0 Å². The molecule has 0 bridgehead atoms. The van der Waals surface area contributed by atoms with Crippen LogP contribution in [0.2, 0.25) is 10.0 Å². The van der Waals surface area contributed by atoms with E-state index >= 15 is 0 Å². The number of hydrogen-bond acceptors (Lipinski definition) is 4. The van der Waals surface area contributed by atoms with Crippen molar-refractivity contribution in [2.45, 2.75) is 6.92 Å². The molecule has 0 aliphatic carbocycles. The number of fused-ring (bicyclic) bond motifs is 1. The lowest BCUT2D eigenvalue weighted by molar-refractivity contribution is 1.46. The van der Waals surface area contributed by atoms with Crippen LogP contribution >= 0.6 is 34.9 Å². The maximum atomic E-state index is 6.00. The predicted molar refractivity (Wildman–Crippen MR) is 64.4 cm³/mol. The van der Waals surface area contributed by atoms with Crippen molar-refractivity contribution < 1.29 is 0 Å². The first kappa shape index (κ1) is 10.6. The highest BCUT2D eigenvalue weighted by atomic mass is 35.5. The topological polar surface area (TPSA) is 64.2 Å². The summed E-state index contributed by atoms with van der Waals surface area (Å²) in [6.07, 6.45) is 0. The molecule has 4 nitrogen and oxygen atoms in total. The van der Waals surface area contributed by atoms with Crippen molar-refractivity contribution in [1.82, 2.24) is 8.75 Å². The van der Waals surface area contributed by atoms with Crippen LogP contribution in [0.3, 0.4) is 0 Å². The molecular weight excluding hydrogens is 255 g/mol. The van der Waals surface area contributed by atoms with Crippen LogP contribution in [0.4, 0.5) is 5.69 Å². The molecule has 0 spiro atoms. The Hall–Kier alpha value is -0.910. The Morgan fingerprint density at radius 3 is 2.67 bits per heavy atom. The minimum Gasteiger partial charge on any atom is -0.387 e. The molecule has 2 aromatic rings. The quantitative estimate of drug-likeness (QED) is 0.633. The van der Waals surface area contributed by atoms with Gasteiger partial charge in [0.2, 0.25) is 0 Å². The molecule has 0 unspecified atom stereocenters. The Labute approximate surface area is 100 Å². The second-order valence-electron chi connectivity index (χ2n) is 2.90. The zero-order valence-corrected chi connectivity index (χ0v) is 9.99. The van der Waals surface area contributed by atoms with Gasteiger partial charge in [-0.15, -0.1) is 0 Å². The van der Waals surface area contributed by atoms with E-state index in [4.69, 9.17) is 28.9 Å². The molecule has 1 heterocycles. The van der Waals surface area contributed by atoms with Crippen LogP contribution in [0.5, 0.6) is 0 Å². The van der Waals surface area contributed by atoms with Gasteiger partial charge >= 0.3 is 0 Å². The van der Waals surface area contributed by atoms with Crippen molar-refractivity contribution in [3.63, 3.8) is 0 Å². The second kappa shape index (κ2) is 3.92. The molecule has 1 aromatic carbocycles. The van der Waals surface area contributed by atoms with Crippen molar-refractivity contribution in [3.05, 3.63) is 16.1 Å². The van der Waals surface area contributed by atoms with Gasteiger partial charge in [-0.2, -0.15) is 8.75 Å². The van der Waals surface area contributed by atoms with E-state index in [1.54, 1.807) is 13.0 Å². The molecule has 1 aromatic heterocycles. The van der Waals surface area contributed by atoms with Gasteiger partial charge in [0.05, 0.1) is 27.6 Å². The number of halogens is 2. The van der Waals surface area contributed by atoms with Gasteiger partial charge in [-0.1, -0.05) is 23.2 Å². The summed E-state index contributed by atoms with van der Waals surface area (Å²) in [6, 6.07) is 1.59. The number of amidine groups is 1. The van der Waals surface area contributed by atoms with Crippen LogP contribution in [0.25, 0.3) is 11.0 Å². The summed E-state index contributed by atoms with van der Waals surface area (Å²) < 4.78 is 8.15. The molecule has 0 amide bonds. The average Bonchev–Trinajstić information content (AvgIpc) is 2.60. The minimum atomic E-state index is 0.411.